The molecule has 4 heteroatoms. The SMILES string of the molecule is O=C1NCC=Nc2cc[nH]c21. The molecule has 0 aliphatic carbocycles. The highest BCUT2D eigenvalue weighted by Crippen LogP contribution is 2.17. The van der Waals surface area contributed by atoms with Gasteiger partial charge in [0.25, 0.3) is 5.91 Å². The predicted octanol–water partition coefficient (Wildman–Crippen LogP) is 0.460. The topological polar surface area (TPSA) is 57.2 Å². The van der Waals surface area contributed by atoms with Crippen molar-refractivity contribution in [3.63, 3.8) is 0 Å². The van der Waals surface area contributed by atoms with Crippen LogP contribution in [0.5, 0.6) is 0 Å². The first kappa shape index (κ1) is 6.15. The highest BCUT2D eigenvalue weighted by atomic mass is 16.1. The smallest absolute Gasteiger partial charge is 0.270 e. The van der Waals surface area contributed by atoms with E-state index in [-0.39, 0.29) is 5.91 Å². The van der Waals surface area contributed by atoms with Gasteiger partial charge in [-0.25, -0.2) is 0 Å². The lowest BCUT2D eigenvalue weighted by atomic mass is 10.3. The third-order valence-electron chi connectivity index (χ3n) is 1.54. The summed E-state index contributed by atoms with van der Waals surface area (Å²) >= 11 is 0. The van der Waals surface area contributed by atoms with E-state index in [4.69, 9.17) is 0 Å². The molecule has 0 saturated carbocycles. The van der Waals surface area contributed by atoms with Crippen molar-refractivity contribution in [2.45, 2.75) is 0 Å². The van der Waals surface area contributed by atoms with Crippen LogP contribution < -0.4 is 5.32 Å². The molecule has 4 nitrogen and oxygen atoms in total. The Kier molecular flexibility index (Phi) is 1.25. The summed E-state index contributed by atoms with van der Waals surface area (Å²) in [4.78, 5) is 18.0. The average Bonchev–Trinajstić information content (AvgIpc) is 2.40. The molecule has 56 valence electrons. The second-order valence-corrected chi connectivity index (χ2v) is 2.26. The summed E-state index contributed by atoms with van der Waals surface area (Å²) in [7, 11) is 0. The Morgan fingerprint density at radius 3 is 3.36 bits per heavy atom. The number of hydrogen-bond donors (Lipinski definition) is 2. The molecule has 0 fully saturated rings. The van der Waals surface area contributed by atoms with Crippen molar-refractivity contribution in [2.75, 3.05) is 6.54 Å². The van der Waals surface area contributed by atoms with Crippen LogP contribution in [0.1, 0.15) is 10.5 Å². The molecule has 2 N–H and O–H groups in total. The van der Waals surface area contributed by atoms with E-state index >= 15 is 0 Å². The van der Waals surface area contributed by atoms with Gasteiger partial charge in [-0.05, 0) is 6.07 Å². The molecule has 1 aliphatic heterocycles. The number of aromatic nitrogens is 1. The van der Waals surface area contributed by atoms with Gasteiger partial charge in [0, 0.05) is 12.4 Å². The van der Waals surface area contributed by atoms with Crippen LogP contribution in [-0.4, -0.2) is 23.7 Å². The predicted molar refractivity (Wildman–Crippen MR) is 41.3 cm³/mol. The summed E-state index contributed by atoms with van der Waals surface area (Å²) in [6, 6.07) is 1.77. The Bertz CT molecular complexity index is 313. The quantitative estimate of drug-likeness (QED) is 0.553. The van der Waals surface area contributed by atoms with Gasteiger partial charge in [0.2, 0.25) is 0 Å². The van der Waals surface area contributed by atoms with Crippen molar-refractivity contribution in [2.24, 2.45) is 4.99 Å². The normalized spacial score (nSPS) is 15.5. The zero-order valence-corrected chi connectivity index (χ0v) is 5.79. The Balaban J connectivity index is 2.53. The third-order valence-corrected chi connectivity index (χ3v) is 1.54. The fourth-order valence-corrected chi connectivity index (χ4v) is 1.02. The molecule has 0 atom stereocenters. The highest BCUT2D eigenvalue weighted by Gasteiger charge is 2.12. The molecule has 11 heavy (non-hydrogen) atoms. The standard InChI is InChI=1S/C7H7N3O/c11-7-6-5(1-2-9-6)8-3-4-10-7/h1-3,9H,4H2,(H,10,11). The van der Waals surface area contributed by atoms with E-state index in [0.717, 1.165) is 0 Å². The molecule has 0 aromatic carbocycles. The number of nitrogens with one attached hydrogen (secondary N) is 2. The average molecular weight is 149 g/mol. The van der Waals surface area contributed by atoms with Gasteiger partial charge in [0.1, 0.15) is 5.69 Å². The van der Waals surface area contributed by atoms with Gasteiger partial charge in [-0.15, -0.1) is 0 Å². The molecule has 0 radical (unpaired) electrons. The monoisotopic (exact) mass is 149 g/mol. The summed E-state index contributed by atoms with van der Waals surface area (Å²) in [5.74, 6) is -0.0949. The minimum absolute atomic E-state index is 0.0949. The first-order chi connectivity index (χ1) is 5.38. The number of amides is 1. The van der Waals surface area contributed by atoms with Crippen LogP contribution in [0, 0.1) is 0 Å². The van der Waals surface area contributed by atoms with E-state index in [0.29, 0.717) is 17.9 Å². The van der Waals surface area contributed by atoms with E-state index in [2.05, 4.69) is 15.3 Å². The van der Waals surface area contributed by atoms with Gasteiger partial charge >= 0.3 is 0 Å². The number of hydrogen-bond acceptors (Lipinski definition) is 2. The van der Waals surface area contributed by atoms with E-state index in [9.17, 15) is 4.79 Å². The number of fused-ring (bicyclic) bond motifs is 1. The largest absolute Gasteiger partial charge is 0.355 e. The Morgan fingerprint density at radius 1 is 1.55 bits per heavy atom. The maximum atomic E-state index is 11.1. The van der Waals surface area contributed by atoms with E-state index in [1.54, 1.807) is 18.5 Å². The maximum Gasteiger partial charge on any atom is 0.270 e. The van der Waals surface area contributed by atoms with Crippen LogP contribution in [0.25, 0.3) is 0 Å². The molecule has 0 spiro atoms. The van der Waals surface area contributed by atoms with Crippen LogP contribution in [0.4, 0.5) is 5.69 Å². The number of carbonyl (C=O) groups excluding carboxylic acids is 1. The minimum Gasteiger partial charge on any atom is -0.355 e. The molecule has 1 amide bonds. The van der Waals surface area contributed by atoms with Crippen LogP contribution in [0.15, 0.2) is 17.3 Å². The lowest BCUT2D eigenvalue weighted by Gasteiger charge is -1.95. The van der Waals surface area contributed by atoms with Crippen LogP contribution in [0.2, 0.25) is 0 Å². The number of aliphatic imine (C=N–C) groups is 1. The number of carbonyl (C=O) groups is 1. The van der Waals surface area contributed by atoms with E-state index in [1.807, 2.05) is 0 Å². The molecule has 1 aromatic heterocycles. The first-order valence-corrected chi connectivity index (χ1v) is 3.36. The first-order valence-electron chi connectivity index (χ1n) is 3.36. The second-order valence-electron chi connectivity index (χ2n) is 2.26. The molecule has 2 rings (SSSR count). The van der Waals surface area contributed by atoms with Crippen molar-refractivity contribution >= 4 is 17.8 Å². The molecular formula is C7H7N3O. The van der Waals surface area contributed by atoms with Gasteiger partial charge in [-0.1, -0.05) is 0 Å². The molecule has 2 heterocycles. The van der Waals surface area contributed by atoms with E-state index in [1.165, 1.54) is 0 Å². The van der Waals surface area contributed by atoms with E-state index < -0.39 is 0 Å². The van der Waals surface area contributed by atoms with Crippen LogP contribution in [0.3, 0.4) is 0 Å². The highest BCUT2D eigenvalue weighted by molar-refractivity contribution is 6.00. The number of H-pyrrole nitrogens is 1. The summed E-state index contributed by atoms with van der Waals surface area (Å²) in [6.45, 7) is 0.501. The van der Waals surface area contributed by atoms with Crippen LogP contribution >= 0.6 is 0 Å². The summed E-state index contributed by atoms with van der Waals surface area (Å²) in [5, 5.41) is 2.67. The van der Waals surface area contributed by atoms with Crippen LogP contribution in [-0.2, 0) is 0 Å². The fraction of sp³-hybridized carbons (Fsp3) is 0.143. The molecule has 1 aromatic rings. The van der Waals surface area contributed by atoms with Crippen molar-refractivity contribution in [1.82, 2.24) is 10.3 Å². The Labute approximate surface area is 63.3 Å². The molecule has 1 aliphatic rings. The van der Waals surface area contributed by atoms with Crippen molar-refractivity contribution in [3.8, 4) is 0 Å². The Morgan fingerprint density at radius 2 is 2.45 bits per heavy atom. The zero-order valence-electron chi connectivity index (χ0n) is 5.79. The van der Waals surface area contributed by atoms with Gasteiger partial charge in [-0.2, -0.15) is 0 Å². The lowest BCUT2D eigenvalue weighted by molar-refractivity contribution is 0.0957. The summed E-state index contributed by atoms with van der Waals surface area (Å²) < 4.78 is 0. The lowest BCUT2D eigenvalue weighted by Crippen LogP contribution is -2.23. The molecule has 0 bridgehead atoms. The zero-order chi connectivity index (χ0) is 7.68. The van der Waals surface area contributed by atoms with Gasteiger partial charge in [0.15, 0.2) is 0 Å². The fourth-order valence-electron chi connectivity index (χ4n) is 1.02. The van der Waals surface area contributed by atoms with Crippen molar-refractivity contribution in [1.29, 1.82) is 0 Å². The summed E-state index contributed by atoms with van der Waals surface area (Å²) in [6.07, 6.45) is 3.38. The Hall–Kier alpha value is -1.58. The van der Waals surface area contributed by atoms with Crippen molar-refractivity contribution in [3.05, 3.63) is 18.0 Å². The number of nitrogens with zero attached hydrogens (tertiary/aromatic N) is 1. The van der Waals surface area contributed by atoms with Gasteiger partial charge in [0.05, 0.1) is 12.2 Å². The second kappa shape index (κ2) is 2.23. The molecule has 0 unspecified atom stereocenters. The van der Waals surface area contributed by atoms with Gasteiger partial charge < -0.3 is 10.3 Å². The molecule has 0 saturated heterocycles. The third kappa shape index (κ3) is 0.920. The summed E-state index contributed by atoms with van der Waals surface area (Å²) in [5.41, 5.74) is 1.25. The minimum atomic E-state index is -0.0949. The van der Waals surface area contributed by atoms with Gasteiger partial charge in [-0.3, -0.25) is 9.79 Å². The molecular weight excluding hydrogens is 142 g/mol. The van der Waals surface area contributed by atoms with Crippen molar-refractivity contribution < 1.29 is 4.79 Å². The maximum absolute atomic E-state index is 11.1. The number of aromatic amines is 1. The number of rotatable bonds is 0.